The first-order chi connectivity index (χ1) is 9.84. The molecule has 6 heteroatoms. The van der Waals surface area contributed by atoms with Gasteiger partial charge in [-0.2, -0.15) is 5.10 Å². The second-order valence-corrected chi connectivity index (χ2v) is 8.21. The van der Waals surface area contributed by atoms with Crippen LogP contribution in [-0.2, 0) is 15.9 Å². The summed E-state index contributed by atoms with van der Waals surface area (Å²) >= 11 is 0. The molecule has 0 radical (unpaired) electrons. The second kappa shape index (κ2) is 5.36. The van der Waals surface area contributed by atoms with E-state index in [1.165, 1.54) is 0 Å². The molecule has 2 rings (SSSR count). The fraction of sp³-hybridized carbons (Fsp3) is 0.812. The number of rotatable bonds is 3. The average molecular weight is 308 g/mol. The van der Waals surface area contributed by atoms with Gasteiger partial charge in [0, 0.05) is 23.2 Å². The van der Waals surface area contributed by atoms with E-state index in [2.05, 4.69) is 32.8 Å². The van der Waals surface area contributed by atoms with Gasteiger partial charge in [-0.3, -0.25) is 4.68 Å². The van der Waals surface area contributed by atoms with Crippen LogP contribution >= 0.6 is 0 Å². The SMILES string of the molecule is Cc1nn(CC(C)(C)O)c(C)c1B1OCC(C)(C)C(C)(C)O1. The fourth-order valence-corrected chi connectivity index (χ4v) is 2.63. The van der Waals surface area contributed by atoms with E-state index >= 15 is 0 Å². The number of hydrogen-bond donors (Lipinski definition) is 1. The van der Waals surface area contributed by atoms with Crippen LogP contribution in [-0.4, -0.2) is 39.8 Å². The van der Waals surface area contributed by atoms with E-state index < -0.39 is 12.7 Å². The predicted octanol–water partition coefficient (Wildman–Crippen LogP) is 1.82. The summed E-state index contributed by atoms with van der Waals surface area (Å²) in [6.07, 6.45) is 0. The molecule has 1 aromatic rings. The minimum atomic E-state index is -0.809. The van der Waals surface area contributed by atoms with E-state index in [9.17, 15) is 5.11 Å². The maximum absolute atomic E-state index is 10.0. The number of hydrogen-bond acceptors (Lipinski definition) is 4. The zero-order chi connectivity index (χ0) is 16.9. The highest BCUT2D eigenvalue weighted by Gasteiger charge is 2.48. The summed E-state index contributed by atoms with van der Waals surface area (Å²) in [6.45, 7) is 17.1. The Kier molecular flexibility index (Phi) is 4.26. The maximum atomic E-state index is 10.0. The van der Waals surface area contributed by atoms with Crippen molar-refractivity contribution in [1.29, 1.82) is 0 Å². The summed E-state index contributed by atoms with van der Waals surface area (Å²) in [7, 11) is -0.404. The lowest BCUT2D eigenvalue weighted by atomic mass is 9.68. The number of aryl methyl sites for hydroxylation is 1. The molecule has 1 aromatic heterocycles. The Morgan fingerprint density at radius 3 is 2.36 bits per heavy atom. The average Bonchev–Trinajstić information content (AvgIpc) is 2.56. The Hall–Kier alpha value is -0.845. The summed E-state index contributed by atoms with van der Waals surface area (Å²) in [6, 6.07) is 0. The summed E-state index contributed by atoms with van der Waals surface area (Å²) in [5.41, 5.74) is 1.72. The quantitative estimate of drug-likeness (QED) is 0.866. The molecule has 1 saturated heterocycles. The van der Waals surface area contributed by atoms with Crippen molar-refractivity contribution in [2.24, 2.45) is 5.41 Å². The lowest BCUT2D eigenvalue weighted by Crippen LogP contribution is -2.58. The predicted molar refractivity (Wildman–Crippen MR) is 88.3 cm³/mol. The second-order valence-electron chi connectivity index (χ2n) is 8.21. The largest absolute Gasteiger partial charge is 0.498 e. The monoisotopic (exact) mass is 308 g/mol. The van der Waals surface area contributed by atoms with Crippen LogP contribution in [0.25, 0.3) is 0 Å². The van der Waals surface area contributed by atoms with Gasteiger partial charge in [-0.1, -0.05) is 13.8 Å². The van der Waals surface area contributed by atoms with Crippen LogP contribution in [0.15, 0.2) is 0 Å². The van der Waals surface area contributed by atoms with Crippen LogP contribution in [0.1, 0.15) is 52.9 Å². The van der Waals surface area contributed by atoms with Crippen molar-refractivity contribution in [2.75, 3.05) is 6.61 Å². The van der Waals surface area contributed by atoms with Gasteiger partial charge in [0.05, 0.1) is 23.4 Å². The lowest BCUT2D eigenvalue weighted by Gasteiger charge is -2.47. The highest BCUT2D eigenvalue weighted by molar-refractivity contribution is 6.62. The Morgan fingerprint density at radius 1 is 1.27 bits per heavy atom. The molecule has 1 fully saturated rings. The van der Waals surface area contributed by atoms with E-state index in [0.717, 1.165) is 16.9 Å². The molecule has 0 saturated carbocycles. The zero-order valence-corrected chi connectivity index (χ0v) is 15.1. The lowest BCUT2D eigenvalue weighted by molar-refractivity contribution is -0.0938. The van der Waals surface area contributed by atoms with Crippen molar-refractivity contribution in [2.45, 2.75) is 73.1 Å². The van der Waals surface area contributed by atoms with Crippen molar-refractivity contribution in [1.82, 2.24) is 9.78 Å². The Morgan fingerprint density at radius 2 is 1.86 bits per heavy atom. The molecule has 124 valence electrons. The molecular weight excluding hydrogens is 279 g/mol. The van der Waals surface area contributed by atoms with Gasteiger partial charge in [-0.25, -0.2) is 0 Å². The molecule has 0 unspecified atom stereocenters. The van der Waals surface area contributed by atoms with Gasteiger partial charge >= 0.3 is 7.12 Å². The van der Waals surface area contributed by atoms with Crippen LogP contribution in [0, 0.1) is 19.3 Å². The molecule has 0 aromatic carbocycles. The molecule has 0 amide bonds. The molecule has 1 aliphatic heterocycles. The van der Waals surface area contributed by atoms with Crippen LogP contribution < -0.4 is 5.46 Å². The Labute approximate surface area is 134 Å². The molecule has 0 spiro atoms. The van der Waals surface area contributed by atoms with Gasteiger partial charge in [0.15, 0.2) is 0 Å². The Bertz CT molecular complexity index is 558. The first-order valence-electron chi connectivity index (χ1n) is 7.90. The third kappa shape index (κ3) is 3.24. The molecule has 1 N–H and O–H groups in total. The van der Waals surface area contributed by atoms with Gasteiger partial charge < -0.3 is 14.4 Å². The van der Waals surface area contributed by atoms with E-state index in [1.807, 2.05) is 18.5 Å². The zero-order valence-electron chi connectivity index (χ0n) is 15.1. The van der Waals surface area contributed by atoms with Crippen molar-refractivity contribution < 1.29 is 14.4 Å². The molecule has 0 aliphatic carbocycles. The Balaban J connectivity index is 2.31. The third-order valence-electron chi connectivity index (χ3n) is 4.84. The summed E-state index contributed by atoms with van der Waals surface area (Å²) in [5.74, 6) is 0. The van der Waals surface area contributed by atoms with Crippen LogP contribution in [0.2, 0.25) is 0 Å². The van der Waals surface area contributed by atoms with Crippen LogP contribution in [0.3, 0.4) is 0 Å². The number of aromatic nitrogens is 2. The van der Waals surface area contributed by atoms with Gasteiger partial charge in [0.1, 0.15) is 0 Å². The number of aliphatic hydroxyl groups is 1. The van der Waals surface area contributed by atoms with Gasteiger partial charge in [-0.05, 0) is 41.5 Å². The molecule has 0 bridgehead atoms. The summed E-state index contributed by atoms with van der Waals surface area (Å²) in [5, 5.41) is 14.6. The molecule has 5 nitrogen and oxygen atoms in total. The van der Waals surface area contributed by atoms with Crippen molar-refractivity contribution in [3.8, 4) is 0 Å². The third-order valence-corrected chi connectivity index (χ3v) is 4.84. The minimum Gasteiger partial charge on any atom is -0.407 e. The van der Waals surface area contributed by atoms with E-state index in [4.69, 9.17) is 9.31 Å². The molecular formula is C16H29BN2O3. The minimum absolute atomic E-state index is 0.0472. The van der Waals surface area contributed by atoms with Gasteiger partial charge in [0.25, 0.3) is 0 Å². The van der Waals surface area contributed by atoms with Crippen molar-refractivity contribution >= 4 is 12.6 Å². The normalized spacial score (nSPS) is 21.2. The summed E-state index contributed by atoms with van der Waals surface area (Å²) in [4.78, 5) is 0. The smallest absolute Gasteiger partial charge is 0.407 e. The molecule has 0 atom stereocenters. The fourth-order valence-electron chi connectivity index (χ4n) is 2.63. The number of nitrogens with zero attached hydrogens (tertiary/aromatic N) is 2. The molecule has 1 aliphatic rings. The van der Waals surface area contributed by atoms with E-state index in [-0.39, 0.29) is 11.0 Å². The standard InChI is InChI=1S/C16H29BN2O3/c1-11-13(12(2)19(18-11)9-15(5,6)20)17-21-10-14(3,4)16(7,8)22-17/h20H,9-10H2,1-8H3. The van der Waals surface area contributed by atoms with Gasteiger partial charge in [0.2, 0.25) is 0 Å². The van der Waals surface area contributed by atoms with E-state index in [0.29, 0.717) is 13.2 Å². The van der Waals surface area contributed by atoms with E-state index in [1.54, 1.807) is 13.8 Å². The van der Waals surface area contributed by atoms with Crippen LogP contribution in [0.5, 0.6) is 0 Å². The molecule has 2 heterocycles. The first-order valence-corrected chi connectivity index (χ1v) is 7.90. The highest BCUT2D eigenvalue weighted by atomic mass is 16.6. The molecule has 22 heavy (non-hydrogen) atoms. The van der Waals surface area contributed by atoms with Crippen LogP contribution in [0.4, 0.5) is 0 Å². The maximum Gasteiger partial charge on any atom is 0.498 e. The van der Waals surface area contributed by atoms with Crippen molar-refractivity contribution in [3.63, 3.8) is 0 Å². The first kappa shape index (κ1) is 17.5. The van der Waals surface area contributed by atoms with Crippen molar-refractivity contribution in [3.05, 3.63) is 11.4 Å². The van der Waals surface area contributed by atoms with Gasteiger partial charge in [-0.15, -0.1) is 0 Å². The topological polar surface area (TPSA) is 56.5 Å². The summed E-state index contributed by atoms with van der Waals surface area (Å²) < 4.78 is 14.1. The highest BCUT2D eigenvalue weighted by Crippen LogP contribution is 2.38.